The monoisotopic (exact) mass is 290 g/mol. The van der Waals surface area contributed by atoms with Crippen molar-refractivity contribution in [1.82, 2.24) is 10.2 Å². The van der Waals surface area contributed by atoms with Gasteiger partial charge in [-0.3, -0.25) is 4.79 Å². The van der Waals surface area contributed by atoms with Crippen molar-refractivity contribution >= 4 is 5.91 Å². The summed E-state index contributed by atoms with van der Waals surface area (Å²) in [5.74, 6) is -1.64. The first kappa shape index (κ1) is 14.8. The van der Waals surface area contributed by atoms with Gasteiger partial charge < -0.3 is 10.2 Å². The number of nitrogens with one attached hydrogen (secondary N) is 1. The van der Waals surface area contributed by atoms with E-state index in [0.29, 0.717) is 31.8 Å². The quantitative estimate of drug-likeness (QED) is 0.805. The van der Waals surface area contributed by atoms with Crippen molar-refractivity contribution in [2.75, 3.05) is 19.6 Å². The third-order valence-electron chi connectivity index (χ3n) is 3.23. The molecule has 1 amide bonds. The maximum absolute atomic E-state index is 13.3. The van der Waals surface area contributed by atoms with E-state index >= 15 is 0 Å². The standard InChI is InChI=1S/C13H14F4N2O/c1-8-7-18-2-3-19(8)12(20)9-4-10(13(15,16)17)6-11(14)5-9/h4-6,8,18H,2-3,7H2,1H3. The molecule has 0 radical (unpaired) electrons. The van der Waals surface area contributed by atoms with Gasteiger partial charge in [0.1, 0.15) is 5.82 Å². The number of halogens is 4. The largest absolute Gasteiger partial charge is 0.416 e. The molecule has 7 heteroatoms. The average molecular weight is 290 g/mol. The fourth-order valence-corrected chi connectivity index (χ4v) is 2.19. The summed E-state index contributed by atoms with van der Waals surface area (Å²) in [5, 5.41) is 3.07. The van der Waals surface area contributed by atoms with Gasteiger partial charge >= 0.3 is 6.18 Å². The molecule has 0 spiro atoms. The molecule has 0 aromatic heterocycles. The number of carbonyl (C=O) groups excluding carboxylic acids is 1. The van der Waals surface area contributed by atoms with Crippen LogP contribution < -0.4 is 5.32 Å². The van der Waals surface area contributed by atoms with Crippen molar-refractivity contribution in [1.29, 1.82) is 0 Å². The molecule has 1 N–H and O–H groups in total. The molecule has 1 atom stereocenters. The lowest BCUT2D eigenvalue weighted by atomic mass is 10.1. The lowest BCUT2D eigenvalue weighted by Crippen LogP contribution is -2.52. The van der Waals surface area contributed by atoms with E-state index in [4.69, 9.17) is 0 Å². The van der Waals surface area contributed by atoms with E-state index in [1.807, 2.05) is 0 Å². The van der Waals surface area contributed by atoms with E-state index in [0.717, 1.165) is 6.07 Å². The second-order valence-electron chi connectivity index (χ2n) is 4.78. The molecule has 1 aromatic carbocycles. The summed E-state index contributed by atoms with van der Waals surface area (Å²) in [7, 11) is 0. The Labute approximate surface area is 113 Å². The highest BCUT2D eigenvalue weighted by Gasteiger charge is 2.33. The fourth-order valence-electron chi connectivity index (χ4n) is 2.19. The molecule has 0 aliphatic carbocycles. The van der Waals surface area contributed by atoms with Crippen LogP contribution in [0.1, 0.15) is 22.8 Å². The van der Waals surface area contributed by atoms with Crippen LogP contribution in [0.3, 0.4) is 0 Å². The molecule has 20 heavy (non-hydrogen) atoms. The molecule has 1 aromatic rings. The Morgan fingerprint density at radius 2 is 2.05 bits per heavy atom. The number of amides is 1. The first-order valence-corrected chi connectivity index (χ1v) is 6.18. The predicted molar refractivity (Wildman–Crippen MR) is 64.8 cm³/mol. The maximum atomic E-state index is 13.3. The summed E-state index contributed by atoms with van der Waals surface area (Å²) >= 11 is 0. The van der Waals surface area contributed by atoms with E-state index in [1.54, 1.807) is 6.92 Å². The molecule has 1 unspecified atom stereocenters. The van der Waals surface area contributed by atoms with Gasteiger partial charge in [-0.25, -0.2) is 4.39 Å². The molecule has 1 fully saturated rings. The van der Waals surface area contributed by atoms with Crippen molar-refractivity contribution in [2.24, 2.45) is 0 Å². The Kier molecular flexibility index (Phi) is 3.99. The number of carbonyl (C=O) groups is 1. The first-order chi connectivity index (χ1) is 9.29. The Balaban J connectivity index is 2.32. The summed E-state index contributed by atoms with van der Waals surface area (Å²) in [5.41, 5.74) is -1.42. The van der Waals surface area contributed by atoms with Crippen LogP contribution in [0.15, 0.2) is 18.2 Å². The van der Waals surface area contributed by atoms with Gasteiger partial charge in [-0.15, -0.1) is 0 Å². The number of alkyl halides is 3. The Morgan fingerprint density at radius 3 is 2.65 bits per heavy atom. The van der Waals surface area contributed by atoms with Crippen LogP contribution in [0, 0.1) is 5.82 Å². The van der Waals surface area contributed by atoms with Crippen molar-refractivity contribution < 1.29 is 22.4 Å². The Bertz CT molecular complexity index is 516. The van der Waals surface area contributed by atoms with E-state index in [1.165, 1.54) is 4.90 Å². The van der Waals surface area contributed by atoms with Crippen LogP contribution in [0.2, 0.25) is 0 Å². The minimum atomic E-state index is -4.67. The van der Waals surface area contributed by atoms with Crippen LogP contribution in [0.5, 0.6) is 0 Å². The van der Waals surface area contributed by atoms with Crippen LogP contribution in [-0.2, 0) is 6.18 Å². The van der Waals surface area contributed by atoms with Crippen molar-refractivity contribution in [3.8, 4) is 0 Å². The van der Waals surface area contributed by atoms with E-state index in [9.17, 15) is 22.4 Å². The third kappa shape index (κ3) is 3.09. The number of piperazine rings is 1. The zero-order valence-corrected chi connectivity index (χ0v) is 10.8. The summed E-state index contributed by atoms with van der Waals surface area (Å²) < 4.78 is 51.2. The Hall–Kier alpha value is -1.63. The molecule has 1 aliphatic heterocycles. The van der Waals surface area contributed by atoms with Gasteiger partial charge in [0.05, 0.1) is 5.56 Å². The molecule has 1 heterocycles. The molecule has 3 nitrogen and oxygen atoms in total. The molecule has 1 saturated heterocycles. The van der Waals surface area contributed by atoms with Crippen LogP contribution in [0.25, 0.3) is 0 Å². The lowest BCUT2D eigenvalue weighted by molar-refractivity contribution is -0.137. The summed E-state index contributed by atoms with van der Waals surface area (Å²) in [6.45, 7) is 3.30. The maximum Gasteiger partial charge on any atom is 0.416 e. The summed E-state index contributed by atoms with van der Waals surface area (Å²) in [4.78, 5) is 13.7. The van der Waals surface area contributed by atoms with E-state index in [-0.39, 0.29) is 11.6 Å². The Morgan fingerprint density at radius 1 is 1.35 bits per heavy atom. The minimum absolute atomic E-state index is 0.145. The van der Waals surface area contributed by atoms with Gasteiger partial charge in [0.15, 0.2) is 0 Å². The zero-order chi connectivity index (χ0) is 14.9. The van der Waals surface area contributed by atoms with Crippen LogP contribution in [-0.4, -0.2) is 36.5 Å². The van der Waals surface area contributed by atoms with Gasteiger partial charge in [-0.1, -0.05) is 0 Å². The number of hydrogen-bond donors (Lipinski definition) is 1. The van der Waals surface area contributed by atoms with Crippen LogP contribution >= 0.6 is 0 Å². The van der Waals surface area contributed by atoms with Gasteiger partial charge in [0.25, 0.3) is 5.91 Å². The van der Waals surface area contributed by atoms with Crippen molar-refractivity contribution in [2.45, 2.75) is 19.1 Å². The average Bonchev–Trinajstić information content (AvgIpc) is 2.37. The molecular weight excluding hydrogens is 276 g/mol. The topological polar surface area (TPSA) is 32.3 Å². The zero-order valence-electron chi connectivity index (χ0n) is 10.8. The third-order valence-corrected chi connectivity index (χ3v) is 3.23. The van der Waals surface area contributed by atoms with Crippen molar-refractivity contribution in [3.63, 3.8) is 0 Å². The van der Waals surface area contributed by atoms with Gasteiger partial charge in [0, 0.05) is 31.2 Å². The molecule has 1 aliphatic rings. The highest BCUT2D eigenvalue weighted by atomic mass is 19.4. The summed E-state index contributed by atoms with van der Waals surface area (Å²) in [6.07, 6.45) is -4.67. The van der Waals surface area contributed by atoms with Gasteiger partial charge in [0.2, 0.25) is 0 Å². The van der Waals surface area contributed by atoms with Crippen molar-refractivity contribution in [3.05, 3.63) is 35.1 Å². The molecular formula is C13H14F4N2O. The smallest absolute Gasteiger partial charge is 0.333 e. The number of hydrogen-bond acceptors (Lipinski definition) is 2. The number of nitrogens with zero attached hydrogens (tertiary/aromatic N) is 1. The summed E-state index contributed by atoms with van der Waals surface area (Å²) in [6, 6.07) is 1.78. The molecule has 110 valence electrons. The van der Waals surface area contributed by atoms with Crippen LogP contribution in [0.4, 0.5) is 17.6 Å². The van der Waals surface area contributed by atoms with Gasteiger partial charge in [-0.2, -0.15) is 13.2 Å². The van der Waals surface area contributed by atoms with E-state index in [2.05, 4.69) is 5.32 Å². The first-order valence-electron chi connectivity index (χ1n) is 6.18. The SMILES string of the molecule is CC1CNCCN1C(=O)c1cc(F)cc(C(F)(F)F)c1. The minimum Gasteiger partial charge on any atom is -0.333 e. The predicted octanol–water partition coefficient (Wildman–Crippen LogP) is 2.28. The second-order valence-corrected chi connectivity index (χ2v) is 4.78. The normalized spacial score (nSPS) is 20.1. The van der Waals surface area contributed by atoms with Gasteiger partial charge in [-0.05, 0) is 25.1 Å². The second kappa shape index (κ2) is 5.40. The highest BCUT2D eigenvalue weighted by molar-refractivity contribution is 5.94. The van der Waals surface area contributed by atoms with E-state index < -0.39 is 23.5 Å². The fraction of sp³-hybridized carbons (Fsp3) is 0.462. The lowest BCUT2D eigenvalue weighted by Gasteiger charge is -2.34. The number of benzene rings is 1. The highest BCUT2D eigenvalue weighted by Crippen LogP contribution is 2.30. The molecule has 2 rings (SSSR count). The molecule has 0 saturated carbocycles. The number of rotatable bonds is 1. The molecule has 0 bridgehead atoms.